The summed E-state index contributed by atoms with van der Waals surface area (Å²) in [6.45, 7) is 6.29. The molecule has 0 radical (unpaired) electrons. The number of nitrogens with zero attached hydrogens (tertiary/aromatic N) is 3. The summed E-state index contributed by atoms with van der Waals surface area (Å²) >= 11 is 3.22. The second-order valence-corrected chi connectivity index (χ2v) is 8.94. The van der Waals surface area contributed by atoms with Crippen LogP contribution in [0, 0.1) is 5.82 Å². The van der Waals surface area contributed by atoms with Crippen LogP contribution in [0.25, 0.3) is 10.9 Å². The van der Waals surface area contributed by atoms with E-state index in [4.69, 9.17) is 19.0 Å². The van der Waals surface area contributed by atoms with E-state index < -0.39 is 11.4 Å². The highest BCUT2D eigenvalue weighted by Gasteiger charge is 2.17. The highest BCUT2D eigenvalue weighted by molar-refractivity contribution is 9.10. The number of amides is 1. The Morgan fingerprint density at radius 3 is 2.58 bits per heavy atom. The number of methoxy groups -OCH3 is 1. The number of benzene rings is 2. The maximum Gasteiger partial charge on any atom is 0.233 e. The number of hydrogen-bond donors (Lipinski definition) is 0. The minimum Gasteiger partial charge on any atom is -0.493 e. The van der Waals surface area contributed by atoms with Gasteiger partial charge in [-0.05, 0) is 45.0 Å². The summed E-state index contributed by atoms with van der Waals surface area (Å²) < 4.78 is 31.8. The van der Waals surface area contributed by atoms with Gasteiger partial charge in [0.05, 0.1) is 36.8 Å². The molecule has 10 heteroatoms. The highest BCUT2D eigenvalue weighted by Crippen LogP contribution is 2.36. The summed E-state index contributed by atoms with van der Waals surface area (Å²) in [5.41, 5.74) is 0.0704. The number of hydroxylamine groups is 2. The predicted molar refractivity (Wildman–Crippen MR) is 124 cm³/mol. The molecule has 0 bridgehead atoms. The molecule has 0 saturated heterocycles. The molecule has 3 aromatic rings. The molecule has 3 rings (SSSR count). The van der Waals surface area contributed by atoms with Gasteiger partial charge in [0.25, 0.3) is 0 Å². The van der Waals surface area contributed by atoms with E-state index in [1.807, 2.05) is 20.8 Å². The molecule has 0 fully saturated rings. The van der Waals surface area contributed by atoms with Gasteiger partial charge in [0.1, 0.15) is 6.33 Å². The van der Waals surface area contributed by atoms with Gasteiger partial charge in [-0.15, -0.1) is 0 Å². The van der Waals surface area contributed by atoms with Crippen LogP contribution >= 0.6 is 15.9 Å². The Morgan fingerprint density at radius 2 is 1.91 bits per heavy atom. The molecule has 176 valence electrons. The number of aromatic nitrogens is 2. The monoisotopic (exact) mass is 521 g/mol. The zero-order valence-electron chi connectivity index (χ0n) is 18.8. The quantitative estimate of drug-likeness (QED) is 0.203. The lowest BCUT2D eigenvalue weighted by Crippen LogP contribution is -2.34. The van der Waals surface area contributed by atoms with Crippen LogP contribution in [0.2, 0.25) is 0 Å². The van der Waals surface area contributed by atoms with E-state index in [1.54, 1.807) is 18.2 Å². The molecule has 0 aliphatic heterocycles. The Hall–Kier alpha value is -2.98. The molecule has 1 heterocycles. The number of hydrogen-bond acceptors (Lipinski definition) is 7. The average molecular weight is 522 g/mol. The van der Waals surface area contributed by atoms with Gasteiger partial charge in [0.2, 0.25) is 12.3 Å². The molecule has 0 aliphatic rings. The zero-order chi connectivity index (χ0) is 24.0. The highest BCUT2D eigenvalue weighted by atomic mass is 79.9. The Kier molecular flexibility index (Phi) is 8.04. The van der Waals surface area contributed by atoms with E-state index in [0.29, 0.717) is 52.9 Å². The van der Waals surface area contributed by atoms with Crippen molar-refractivity contribution in [2.24, 2.45) is 0 Å². The van der Waals surface area contributed by atoms with Crippen molar-refractivity contribution in [2.45, 2.75) is 32.8 Å². The van der Waals surface area contributed by atoms with Crippen LogP contribution in [0.4, 0.5) is 4.39 Å². The van der Waals surface area contributed by atoms with Crippen molar-refractivity contribution in [3.05, 3.63) is 46.9 Å². The summed E-state index contributed by atoms with van der Waals surface area (Å²) in [7, 11) is 1.51. The van der Waals surface area contributed by atoms with Crippen molar-refractivity contribution in [1.82, 2.24) is 15.0 Å². The fraction of sp³-hybridized carbons (Fsp3) is 0.348. The largest absolute Gasteiger partial charge is 0.493 e. The lowest BCUT2D eigenvalue weighted by Gasteiger charge is -2.26. The number of fused-ring (bicyclic) bond motifs is 1. The van der Waals surface area contributed by atoms with Gasteiger partial charge >= 0.3 is 0 Å². The molecule has 0 unspecified atom stereocenters. The number of ether oxygens (including phenoxy) is 3. The third kappa shape index (κ3) is 6.75. The third-order valence-electron chi connectivity index (χ3n) is 4.27. The number of carbonyl (C=O) groups excluding carboxylic acids is 1. The topological polar surface area (TPSA) is 83.0 Å². The zero-order valence-corrected chi connectivity index (χ0v) is 20.4. The molecule has 0 spiro atoms. The van der Waals surface area contributed by atoms with Crippen LogP contribution in [0.5, 0.6) is 23.1 Å². The minimum atomic E-state index is -0.525. The first-order valence-corrected chi connectivity index (χ1v) is 11.0. The Morgan fingerprint density at radius 1 is 1.12 bits per heavy atom. The van der Waals surface area contributed by atoms with Crippen LogP contribution in [-0.4, -0.2) is 47.3 Å². The molecular weight excluding hydrogens is 497 g/mol. The van der Waals surface area contributed by atoms with Gasteiger partial charge in [0, 0.05) is 17.0 Å². The normalized spacial score (nSPS) is 11.3. The molecule has 8 nitrogen and oxygen atoms in total. The lowest BCUT2D eigenvalue weighted by molar-refractivity contribution is -0.216. The van der Waals surface area contributed by atoms with Crippen LogP contribution in [-0.2, 0) is 9.63 Å². The van der Waals surface area contributed by atoms with Crippen LogP contribution < -0.4 is 14.2 Å². The molecule has 33 heavy (non-hydrogen) atoms. The minimum absolute atomic E-state index is 0.0368. The van der Waals surface area contributed by atoms with Crippen molar-refractivity contribution in [3.63, 3.8) is 0 Å². The Bertz CT molecular complexity index is 1120. The third-order valence-corrected chi connectivity index (χ3v) is 4.77. The molecule has 0 atom stereocenters. The maximum atomic E-state index is 14.2. The number of rotatable bonds is 10. The first kappa shape index (κ1) is 24.7. The summed E-state index contributed by atoms with van der Waals surface area (Å²) in [5, 5.41) is 1.79. The predicted octanol–water partition coefficient (Wildman–Crippen LogP) is 5.29. The van der Waals surface area contributed by atoms with E-state index in [1.165, 1.54) is 30.6 Å². The molecule has 0 saturated carbocycles. The van der Waals surface area contributed by atoms with Crippen molar-refractivity contribution in [1.29, 1.82) is 0 Å². The van der Waals surface area contributed by atoms with Gasteiger partial charge in [-0.25, -0.2) is 19.4 Å². The molecular formula is C23H25BrFN3O5. The van der Waals surface area contributed by atoms with E-state index in [2.05, 4.69) is 25.9 Å². The maximum absolute atomic E-state index is 14.2. The van der Waals surface area contributed by atoms with Crippen molar-refractivity contribution < 1.29 is 28.2 Å². The second-order valence-electron chi connectivity index (χ2n) is 8.03. The smallest absolute Gasteiger partial charge is 0.233 e. The van der Waals surface area contributed by atoms with Gasteiger partial charge in [-0.2, -0.15) is 0 Å². The molecule has 2 aromatic carbocycles. The molecule has 1 aromatic heterocycles. The molecule has 1 amide bonds. The number of carbonyl (C=O) groups is 1. The summed E-state index contributed by atoms with van der Waals surface area (Å²) in [4.78, 5) is 25.1. The Balaban J connectivity index is 1.74. The van der Waals surface area contributed by atoms with Gasteiger partial charge in [0.15, 0.2) is 23.1 Å². The van der Waals surface area contributed by atoms with Gasteiger partial charge in [-0.3, -0.25) is 9.63 Å². The molecule has 0 N–H and O–H groups in total. The van der Waals surface area contributed by atoms with Crippen molar-refractivity contribution >= 4 is 33.2 Å². The first-order chi connectivity index (χ1) is 15.7. The van der Waals surface area contributed by atoms with E-state index >= 15 is 0 Å². The average Bonchev–Trinajstić information content (AvgIpc) is 2.76. The fourth-order valence-electron chi connectivity index (χ4n) is 2.93. The standard InChI is InChI=1S/C23H25BrFN3O5/c1-23(2,3)33-28(14-29)8-5-9-31-21-12-18-16(11-20(21)30-4)22(27-13-26-18)32-19-7-6-15(24)10-17(19)25/h6-7,10-14H,5,8-9H2,1-4H3. The SMILES string of the molecule is COc1cc2c(Oc3ccc(Br)cc3F)ncnc2cc1OCCCN(C=O)OC(C)(C)C. The van der Waals surface area contributed by atoms with Crippen LogP contribution in [0.3, 0.4) is 0 Å². The van der Waals surface area contributed by atoms with Gasteiger partial charge < -0.3 is 14.2 Å². The lowest BCUT2D eigenvalue weighted by atomic mass is 10.2. The van der Waals surface area contributed by atoms with Crippen molar-refractivity contribution in [2.75, 3.05) is 20.3 Å². The van der Waals surface area contributed by atoms with E-state index in [9.17, 15) is 9.18 Å². The van der Waals surface area contributed by atoms with Crippen molar-refractivity contribution in [3.8, 4) is 23.1 Å². The summed E-state index contributed by atoms with van der Waals surface area (Å²) in [5.74, 6) is 0.611. The van der Waals surface area contributed by atoms with Gasteiger partial charge in [-0.1, -0.05) is 15.9 Å². The first-order valence-electron chi connectivity index (χ1n) is 10.2. The summed E-state index contributed by atoms with van der Waals surface area (Å²) in [6, 6.07) is 7.87. The summed E-state index contributed by atoms with van der Waals surface area (Å²) in [6.07, 6.45) is 2.52. The second kappa shape index (κ2) is 10.8. The van der Waals surface area contributed by atoms with E-state index in [-0.39, 0.29) is 11.6 Å². The Labute approximate surface area is 199 Å². The fourth-order valence-corrected chi connectivity index (χ4v) is 3.26. The van der Waals surface area contributed by atoms with Crippen LogP contribution in [0.1, 0.15) is 27.2 Å². The van der Waals surface area contributed by atoms with E-state index in [0.717, 1.165) is 0 Å². The molecule has 0 aliphatic carbocycles. The van der Waals surface area contributed by atoms with Crippen LogP contribution in [0.15, 0.2) is 41.1 Å². The number of halogens is 2.